The minimum atomic E-state index is -0.0411. The lowest BCUT2D eigenvalue weighted by molar-refractivity contribution is 0.762. The van der Waals surface area contributed by atoms with Crippen LogP contribution in [0.15, 0.2) is 16.9 Å². The number of nitrogens with zero attached hydrogens (tertiary/aromatic N) is 2. The van der Waals surface area contributed by atoms with Gasteiger partial charge in [-0.25, -0.2) is 9.50 Å². The number of rotatable bonds is 2. The Labute approximate surface area is 94.3 Å². The molecule has 0 atom stereocenters. The highest BCUT2D eigenvalue weighted by atomic mass is 16.1. The molecule has 4 heteroatoms. The zero-order valence-corrected chi connectivity index (χ0v) is 10.1. The molecule has 0 radical (unpaired) electrons. The summed E-state index contributed by atoms with van der Waals surface area (Å²) in [5.74, 6) is 0.638. The number of H-pyrrole nitrogens is 1. The molecular formula is C12H17N3O. The molecule has 0 aliphatic rings. The van der Waals surface area contributed by atoms with Crippen molar-refractivity contribution in [3.05, 3.63) is 33.9 Å². The fourth-order valence-electron chi connectivity index (χ4n) is 1.62. The van der Waals surface area contributed by atoms with E-state index in [1.54, 1.807) is 6.07 Å². The zero-order valence-electron chi connectivity index (χ0n) is 10.1. The largest absolute Gasteiger partial charge is 0.293 e. The Hall–Kier alpha value is -1.58. The Balaban J connectivity index is 2.68. The second-order valence-electron chi connectivity index (χ2n) is 4.73. The Bertz CT molecular complexity index is 563. The van der Waals surface area contributed by atoms with Crippen molar-refractivity contribution in [3.8, 4) is 0 Å². The predicted octanol–water partition coefficient (Wildman–Crippen LogP) is 2.27. The van der Waals surface area contributed by atoms with Crippen molar-refractivity contribution < 1.29 is 0 Å². The van der Waals surface area contributed by atoms with Crippen molar-refractivity contribution in [2.24, 2.45) is 0 Å². The van der Waals surface area contributed by atoms with E-state index in [4.69, 9.17) is 0 Å². The van der Waals surface area contributed by atoms with Crippen LogP contribution in [0.2, 0.25) is 0 Å². The quantitative estimate of drug-likeness (QED) is 0.842. The number of fused-ring (bicyclic) bond motifs is 1. The first-order valence-electron chi connectivity index (χ1n) is 5.61. The van der Waals surface area contributed by atoms with E-state index in [9.17, 15) is 4.79 Å². The van der Waals surface area contributed by atoms with Gasteiger partial charge in [-0.3, -0.25) is 9.89 Å². The average Bonchev–Trinajstić information content (AvgIpc) is 2.61. The fraction of sp³-hybridized carbons (Fsp3) is 0.500. The van der Waals surface area contributed by atoms with Crippen molar-refractivity contribution in [2.45, 2.75) is 39.5 Å². The molecule has 0 aromatic carbocycles. The van der Waals surface area contributed by atoms with Gasteiger partial charge in [0.1, 0.15) is 0 Å². The van der Waals surface area contributed by atoms with Gasteiger partial charge >= 0.3 is 0 Å². The van der Waals surface area contributed by atoms with Crippen LogP contribution < -0.4 is 5.56 Å². The van der Waals surface area contributed by atoms with Gasteiger partial charge in [0.05, 0.1) is 5.69 Å². The summed E-state index contributed by atoms with van der Waals surface area (Å²) in [5.41, 5.74) is 2.55. The molecule has 0 aliphatic heterocycles. The Morgan fingerprint density at radius 3 is 2.44 bits per heavy atom. The number of nitrogens with one attached hydrogen (secondary N) is 1. The molecule has 0 amide bonds. The Morgan fingerprint density at radius 2 is 1.88 bits per heavy atom. The van der Waals surface area contributed by atoms with Gasteiger partial charge in [-0.1, -0.05) is 27.7 Å². The van der Waals surface area contributed by atoms with Gasteiger partial charge in [-0.15, -0.1) is 0 Å². The minimum absolute atomic E-state index is 0.0411. The van der Waals surface area contributed by atoms with Gasteiger partial charge in [0.15, 0.2) is 5.65 Å². The average molecular weight is 219 g/mol. The maximum Gasteiger partial charge on any atom is 0.272 e. The highest BCUT2D eigenvalue weighted by Gasteiger charge is 2.09. The van der Waals surface area contributed by atoms with E-state index < -0.39 is 0 Å². The first-order chi connectivity index (χ1) is 7.49. The molecule has 2 aromatic rings. The molecular weight excluding hydrogens is 202 g/mol. The maximum absolute atomic E-state index is 11.8. The lowest BCUT2D eigenvalue weighted by Gasteiger charge is -2.02. The van der Waals surface area contributed by atoms with Crippen LogP contribution in [-0.4, -0.2) is 14.6 Å². The lowest BCUT2D eigenvalue weighted by atomic mass is 10.1. The summed E-state index contributed by atoms with van der Waals surface area (Å²) >= 11 is 0. The van der Waals surface area contributed by atoms with Crippen LogP contribution in [0.4, 0.5) is 0 Å². The van der Waals surface area contributed by atoms with Crippen molar-refractivity contribution in [3.63, 3.8) is 0 Å². The van der Waals surface area contributed by atoms with Crippen molar-refractivity contribution in [1.82, 2.24) is 14.6 Å². The van der Waals surface area contributed by atoms with E-state index in [1.807, 2.05) is 19.9 Å². The Morgan fingerprint density at radius 1 is 1.19 bits per heavy atom. The molecule has 0 saturated carbocycles. The molecule has 2 heterocycles. The highest BCUT2D eigenvalue weighted by molar-refractivity contribution is 5.40. The molecule has 86 valence electrons. The van der Waals surface area contributed by atoms with Crippen molar-refractivity contribution in [2.75, 3.05) is 0 Å². The Kier molecular flexibility index (Phi) is 2.58. The maximum atomic E-state index is 11.8. The third-order valence-corrected chi connectivity index (χ3v) is 2.70. The van der Waals surface area contributed by atoms with Crippen LogP contribution in [0.3, 0.4) is 0 Å². The molecule has 0 saturated heterocycles. The lowest BCUT2D eigenvalue weighted by Crippen LogP contribution is -2.16. The number of aromatic nitrogens is 3. The second-order valence-corrected chi connectivity index (χ2v) is 4.73. The molecule has 2 aromatic heterocycles. The van der Waals surface area contributed by atoms with Crippen LogP contribution in [0, 0.1) is 0 Å². The van der Waals surface area contributed by atoms with E-state index in [0.717, 1.165) is 11.4 Å². The summed E-state index contributed by atoms with van der Waals surface area (Å²) in [4.78, 5) is 16.3. The van der Waals surface area contributed by atoms with Gasteiger partial charge in [-0.05, 0) is 11.8 Å². The van der Waals surface area contributed by atoms with E-state index in [2.05, 4.69) is 23.9 Å². The van der Waals surface area contributed by atoms with Crippen LogP contribution in [-0.2, 0) is 0 Å². The third kappa shape index (κ3) is 1.75. The van der Waals surface area contributed by atoms with Gasteiger partial charge in [0.25, 0.3) is 5.56 Å². The van der Waals surface area contributed by atoms with Crippen molar-refractivity contribution >= 4 is 5.65 Å². The molecule has 1 N–H and O–H groups in total. The summed E-state index contributed by atoms with van der Waals surface area (Å²) in [6.07, 6.45) is 0. The SMILES string of the molecule is CC(C)c1cc(=O)n2[nH]c(C(C)C)cc2n1. The van der Waals surface area contributed by atoms with Crippen LogP contribution in [0.25, 0.3) is 5.65 Å². The second kappa shape index (κ2) is 3.77. The predicted molar refractivity (Wildman–Crippen MR) is 64.0 cm³/mol. The normalized spacial score (nSPS) is 11.9. The van der Waals surface area contributed by atoms with Gasteiger partial charge < -0.3 is 0 Å². The topological polar surface area (TPSA) is 50.2 Å². The van der Waals surface area contributed by atoms with E-state index >= 15 is 0 Å². The van der Waals surface area contributed by atoms with Gasteiger partial charge in [0, 0.05) is 17.8 Å². The summed E-state index contributed by atoms with van der Waals surface area (Å²) < 4.78 is 1.50. The molecule has 2 rings (SSSR count). The molecule has 16 heavy (non-hydrogen) atoms. The smallest absolute Gasteiger partial charge is 0.272 e. The van der Waals surface area contributed by atoms with Gasteiger partial charge in [0.2, 0.25) is 0 Å². The molecule has 0 spiro atoms. The summed E-state index contributed by atoms with van der Waals surface area (Å²) in [6, 6.07) is 3.54. The molecule has 4 nitrogen and oxygen atoms in total. The molecule has 0 unspecified atom stereocenters. The monoisotopic (exact) mass is 219 g/mol. The molecule has 0 bridgehead atoms. The van der Waals surface area contributed by atoms with E-state index in [-0.39, 0.29) is 11.5 Å². The zero-order chi connectivity index (χ0) is 11.9. The molecule has 0 aliphatic carbocycles. The van der Waals surface area contributed by atoms with E-state index in [1.165, 1.54) is 4.52 Å². The minimum Gasteiger partial charge on any atom is -0.293 e. The van der Waals surface area contributed by atoms with E-state index in [0.29, 0.717) is 11.6 Å². The summed E-state index contributed by atoms with van der Waals surface area (Å²) in [7, 11) is 0. The molecule has 0 fully saturated rings. The highest BCUT2D eigenvalue weighted by Crippen LogP contribution is 2.15. The fourth-order valence-corrected chi connectivity index (χ4v) is 1.62. The first-order valence-corrected chi connectivity index (χ1v) is 5.61. The number of aromatic amines is 1. The first kappa shape index (κ1) is 10.9. The summed E-state index contributed by atoms with van der Waals surface area (Å²) in [6.45, 7) is 8.24. The number of hydrogen-bond acceptors (Lipinski definition) is 2. The third-order valence-electron chi connectivity index (χ3n) is 2.70. The van der Waals surface area contributed by atoms with Crippen LogP contribution in [0.1, 0.15) is 50.9 Å². The number of hydrogen-bond donors (Lipinski definition) is 1. The van der Waals surface area contributed by atoms with Crippen molar-refractivity contribution in [1.29, 1.82) is 0 Å². The van der Waals surface area contributed by atoms with Crippen LogP contribution in [0.5, 0.6) is 0 Å². The standard InChI is InChI=1S/C12H17N3O/c1-7(2)9-6-12(16)15-11(13-9)5-10(14-15)8(3)4/h5-8,14H,1-4H3. The summed E-state index contributed by atoms with van der Waals surface area (Å²) in [5, 5.41) is 3.07. The van der Waals surface area contributed by atoms with Gasteiger partial charge in [-0.2, -0.15) is 0 Å². The van der Waals surface area contributed by atoms with Crippen LogP contribution >= 0.6 is 0 Å².